The first-order valence-corrected chi connectivity index (χ1v) is 8.98. The molecule has 0 N–H and O–H groups in total. The Morgan fingerprint density at radius 2 is 2.20 bits per heavy atom. The molecule has 5 nitrogen and oxygen atoms in total. The maximum Gasteiger partial charge on any atom is 0.397 e. The molecule has 3 rings (SSSR count). The van der Waals surface area contributed by atoms with Crippen LogP contribution in [0, 0.1) is 0 Å². The Hall–Kier alpha value is -2.03. The lowest BCUT2D eigenvalue weighted by Gasteiger charge is -2.26. The molecule has 0 fully saturated rings. The molecule has 3 heterocycles. The Labute approximate surface area is 147 Å². The molecule has 0 radical (unpaired) electrons. The molecule has 0 aliphatic carbocycles. The van der Waals surface area contributed by atoms with Crippen molar-refractivity contribution in [3.05, 3.63) is 42.0 Å². The highest BCUT2D eigenvalue weighted by Crippen LogP contribution is 2.23. The van der Waals surface area contributed by atoms with Crippen LogP contribution in [0.3, 0.4) is 0 Å². The Morgan fingerprint density at radius 1 is 1.36 bits per heavy atom. The second-order valence-electron chi connectivity index (χ2n) is 5.74. The highest BCUT2D eigenvalue weighted by molar-refractivity contribution is 7.99. The van der Waals surface area contributed by atoms with Crippen molar-refractivity contribution >= 4 is 17.7 Å². The zero-order valence-electron chi connectivity index (χ0n) is 13.4. The van der Waals surface area contributed by atoms with Crippen molar-refractivity contribution < 1.29 is 18.0 Å². The highest BCUT2D eigenvalue weighted by Gasteiger charge is 2.27. The maximum atomic E-state index is 12.2. The zero-order valence-corrected chi connectivity index (χ0v) is 14.2. The van der Waals surface area contributed by atoms with Crippen LogP contribution in [0.25, 0.3) is 5.69 Å². The molecule has 1 aliphatic heterocycles. The summed E-state index contributed by atoms with van der Waals surface area (Å²) >= 11 is 0.744. The first-order chi connectivity index (χ1) is 11.9. The van der Waals surface area contributed by atoms with Crippen LogP contribution in [-0.4, -0.2) is 49.8 Å². The largest absolute Gasteiger partial charge is 0.397 e. The van der Waals surface area contributed by atoms with Gasteiger partial charge in [0, 0.05) is 49.6 Å². The van der Waals surface area contributed by atoms with E-state index in [0.717, 1.165) is 28.7 Å². The molecule has 0 saturated heterocycles. The smallest absolute Gasteiger partial charge is 0.338 e. The maximum absolute atomic E-state index is 12.2. The molecule has 0 saturated carbocycles. The van der Waals surface area contributed by atoms with Gasteiger partial charge in [0.25, 0.3) is 0 Å². The van der Waals surface area contributed by atoms with Crippen LogP contribution in [0.15, 0.2) is 30.7 Å². The van der Waals surface area contributed by atoms with Gasteiger partial charge in [-0.05, 0) is 12.1 Å². The Balaban J connectivity index is 1.56. The third-order valence-electron chi connectivity index (χ3n) is 3.85. The first-order valence-electron chi connectivity index (χ1n) is 7.82. The molecule has 1 aliphatic rings. The van der Waals surface area contributed by atoms with Crippen molar-refractivity contribution in [3.8, 4) is 5.69 Å². The summed E-state index contributed by atoms with van der Waals surface area (Å²) in [7, 11) is 0. The number of carbonyl (C=O) groups excluding carboxylic acids is 1. The van der Waals surface area contributed by atoms with Crippen LogP contribution < -0.4 is 0 Å². The van der Waals surface area contributed by atoms with Gasteiger partial charge in [0.15, 0.2) is 0 Å². The number of hydrogen-bond donors (Lipinski definition) is 0. The van der Waals surface area contributed by atoms with Gasteiger partial charge in [-0.2, -0.15) is 30.0 Å². The molecule has 1 amide bonds. The quantitative estimate of drug-likeness (QED) is 0.760. The third-order valence-corrected chi connectivity index (χ3v) is 4.87. The van der Waals surface area contributed by atoms with Crippen LogP contribution >= 0.6 is 11.8 Å². The number of halogens is 3. The van der Waals surface area contributed by atoms with E-state index in [0.29, 0.717) is 19.5 Å². The number of aromatic nitrogens is 3. The lowest BCUT2D eigenvalue weighted by Crippen LogP contribution is -2.35. The average Bonchev–Trinajstić information content (AvgIpc) is 3.01. The van der Waals surface area contributed by atoms with E-state index in [2.05, 4.69) is 10.1 Å². The van der Waals surface area contributed by atoms with Crippen LogP contribution in [0.4, 0.5) is 13.2 Å². The number of fused-ring (bicyclic) bond motifs is 1. The van der Waals surface area contributed by atoms with Gasteiger partial charge in [-0.1, -0.05) is 0 Å². The predicted molar refractivity (Wildman–Crippen MR) is 88.5 cm³/mol. The summed E-state index contributed by atoms with van der Waals surface area (Å²) in [5, 5.41) is 4.53. The van der Waals surface area contributed by atoms with E-state index in [4.69, 9.17) is 0 Å². The molecule has 2 aromatic rings. The summed E-state index contributed by atoms with van der Waals surface area (Å²) in [5.74, 6) is -0.853. The van der Waals surface area contributed by atoms with Crippen molar-refractivity contribution in [1.29, 1.82) is 0 Å². The van der Waals surface area contributed by atoms with Gasteiger partial charge in [0.05, 0.1) is 23.3 Å². The molecule has 0 atom stereocenters. The Morgan fingerprint density at radius 3 is 2.92 bits per heavy atom. The van der Waals surface area contributed by atoms with E-state index in [1.807, 2.05) is 18.3 Å². The fraction of sp³-hybridized carbons (Fsp3) is 0.438. The number of hydrogen-bond acceptors (Lipinski definition) is 4. The monoisotopic (exact) mass is 370 g/mol. The van der Waals surface area contributed by atoms with Crippen molar-refractivity contribution in [1.82, 2.24) is 19.7 Å². The standard InChI is InChI=1S/C16H17F3N4OS/c17-16(18,19)11-25-7-4-15(24)22-6-3-14-12(9-22)10-23(21-14)13-2-1-5-20-8-13/h1-2,5,8,10H,3-4,6-7,9,11H2. The van der Waals surface area contributed by atoms with Gasteiger partial charge in [-0.3, -0.25) is 9.78 Å². The molecular formula is C16H17F3N4OS. The lowest BCUT2D eigenvalue weighted by molar-refractivity contribution is -0.131. The summed E-state index contributed by atoms with van der Waals surface area (Å²) in [6.07, 6.45) is 1.85. The second-order valence-corrected chi connectivity index (χ2v) is 6.85. The van der Waals surface area contributed by atoms with Gasteiger partial charge < -0.3 is 4.90 Å². The summed E-state index contributed by atoms with van der Waals surface area (Å²) in [6.45, 7) is 0.984. The van der Waals surface area contributed by atoms with Crippen molar-refractivity contribution in [2.45, 2.75) is 25.6 Å². The second kappa shape index (κ2) is 7.47. The van der Waals surface area contributed by atoms with Crippen molar-refractivity contribution in [2.24, 2.45) is 0 Å². The van der Waals surface area contributed by atoms with E-state index in [1.165, 1.54) is 0 Å². The van der Waals surface area contributed by atoms with Crippen LogP contribution in [0.1, 0.15) is 17.7 Å². The minimum atomic E-state index is -4.19. The molecule has 9 heteroatoms. The summed E-state index contributed by atoms with van der Waals surface area (Å²) in [6, 6.07) is 3.72. The topological polar surface area (TPSA) is 51.0 Å². The Kier molecular flexibility index (Phi) is 5.31. The number of rotatable bonds is 5. The SMILES string of the molecule is O=C(CCSCC(F)(F)F)N1CCc2nn(-c3cccnc3)cc2C1. The fourth-order valence-electron chi connectivity index (χ4n) is 2.65. The molecular weight excluding hydrogens is 353 g/mol. The summed E-state index contributed by atoms with van der Waals surface area (Å²) in [4.78, 5) is 18.0. The molecule has 25 heavy (non-hydrogen) atoms. The van der Waals surface area contributed by atoms with E-state index in [-0.39, 0.29) is 18.1 Å². The number of alkyl halides is 3. The highest BCUT2D eigenvalue weighted by atomic mass is 32.2. The minimum absolute atomic E-state index is 0.116. The van der Waals surface area contributed by atoms with E-state index >= 15 is 0 Å². The van der Waals surface area contributed by atoms with Crippen LogP contribution in [-0.2, 0) is 17.8 Å². The number of pyridine rings is 1. The Bertz CT molecular complexity index is 733. The van der Waals surface area contributed by atoms with Crippen molar-refractivity contribution in [2.75, 3.05) is 18.1 Å². The van der Waals surface area contributed by atoms with E-state index in [1.54, 1.807) is 22.0 Å². The normalized spacial score (nSPS) is 14.4. The first kappa shape index (κ1) is 17.8. The average molecular weight is 370 g/mol. The number of carbonyl (C=O) groups is 1. The molecule has 0 aromatic carbocycles. The fourth-order valence-corrected chi connectivity index (χ4v) is 3.35. The number of nitrogens with zero attached hydrogens (tertiary/aromatic N) is 4. The molecule has 134 valence electrons. The lowest BCUT2D eigenvalue weighted by atomic mass is 10.1. The zero-order chi connectivity index (χ0) is 17.9. The number of thioether (sulfide) groups is 1. The molecule has 2 aromatic heterocycles. The van der Waals surface area contributed by atoms with E-state index < -0.39 is 11.9 Å². The third kappa shape index (κ3) is 4.75. The van der Waals surface area contributed by atoms with Gasteiger partial charge in [0.1, 0.15) is 0 Å². The van der Waals surface area contributed by atoms with Gasteiger partial charge in [-0.15, -0.1) is 0 Å². The molecule has 0 spiro atoms. The minimum Gasteiger partial charge on any atom is -0.338 e. The van der Waals surface area contributed by atoms with Gasteiger partial charge in [-0.25, -0.2) is 4.68 Å². The summed E-state index contributed by atoms with van der Waals surface area (Å²) in [5.41, 5.74) is 2.75. The number of amides is 1. The van der Waals surface area contributed by atoms with Crippen molar-refractivity contribution in [3.63, 3.8) is 0 Å². The van der Waals surface area contributed by atoms with Gasteiger partial charge >= 0.3 is 6.18 Å². The van der Waals surface area contributed by atoms with E-state index in [9.17, 15) is 18.0 Å². The van der Waals surface area contributed by atoms with Crippen LogP contribution in [0.5, 0.6) is 0 Å². The van der Waals surface area contributed by atoms with Crippen LogP contribution in [0.2, 0.25) is 0 Å². The molecule has 0 unspecified atom stereocenters. The summed E-state index contributed by atoms with van der Waals surface area (Å²) < 4.78 is 38.1. The van der Waals surface area contributed by atoms with Gasteiger partial charge in [0.2, 0.25) is 5.91 Å². The predicted octanol–water partition coefficient (Wildman–Crippen LogP) is 2.84. The molecule has 0 bridgehead atoms.